The summed E-state index contributed by atoms with van der Waals surface area (Å²) in [5, 5.41) is 5.11. The number of thiophene rings is 1. The van der Waals surface area contributed by atoms with Crippen molar-refractivity contribution in [1.29, 1.82) is 0 Å². The summed E-state index contributed by atoms with van der Waals surface area (Å²) in [6.45, 7) is 3.22. The number of carbonyl (C=O) groups is 2. The van der Waals surface area contributed by atoms with E-state index in [1.165, 1.54) is 10.4 Å². The first-order chi connectivity index (χ1) is 12.1. The van der Waals surface area contributed by atoms with Gasteiger partial charge in [0.2, 0.25) is 11.8 Å². The van der Waals surface area contributed by atoms with Gasteiger partial charge in [0.05, 0.1) is 5.92 Å². The third-order valence-corrected chi connectivity index (χ3v) is 5.47. The lowest BCUT2D eigenvalue weighted by molar-refractivity contribution is -0.129. The molecule has 5 heteroatoms. The molecule has 1 aromatic carbocycles. The molecule has 1 aromatic heterocycles. The van der Waals surface area contributed by atoms with E-state index in [0.29, 0.717) is 19.5 Å². The summed E-state index contributed by atoms with van der Waals surface area (Å²) in [5.74, 6) is -0.143. The van der Waals surface area contributed by atoms with E-state index in [0.717, 1.165) is 12.8 Å². The Hall–Kier alpha value is -2.14. The Morgan fingerprint density at radius 1 is 1.28 bits per heavy atom. The highest BCUT2D eigenvalue weighted by molar-refractivity contribution is 7.09. The molecule has 2 aromatic rings. The van der Waals surface area contributed by atoms with Crippen LogP contribution >= 0.6 is 11.3 Å². The van der Waals surface area contributed by atoms with Crippen LogP contribution < -0.4 is 5.32 Å². The summed E-state index contributed by atoms with van der Waals surface area (Å²) in [6.07, 6.45) is 1.99. The van der Waals surface area contributed by atoms with Gasteiger partial charge in [0.15, 0.2) is 0 Å². The Balaban J connectivity index is 1.47. The predicted molar refractivity (Wildman–Crippen MR) is 100 cm³/mol. The highest BCUT2D eigenvalue weighted by atomic mass is 32.1. The van der Waals surface area contributed by atoms with Gasteiger partial charge in [-0.15, -0.1) is 11.3 Å². The minimum absolute atomic E-state index is 0.000354. The summed E-state index contributed by atoms with van der Waals surface area (Å²) < 4.78 is 0. The van der Waals surface area contributed by atoms with Gasteiger partial charge in [-0.05, 0) is 30.4 Å². The molecule has 1 aliphatic rings. The average Bonchev–Trinajstić information content (AvgIpc) is 3.23. The van der Waals surface area contributed by atoms with Crippen molar-refractivity contribution >= 4 is 23.2 Å². The molecule has 2 heterocycles. The highest BCUT2D eigenvalue weighted by Gasteiger charge is 2.34. The van der Waals surface area contributed by atoms with Crippen molar-refractivity contribution < 1.29 is 9.59 Å². The van der Waals surface area contributed by atoms with E-state index >= 15 is 0 Å². The number of rotatable bonds is 7. The number of benzene rings is 1. The van der Waals surface area contributed by atoms with E-state index in [4.69, 9.17) is 0 Å². The van der Waals surface area contributed by atoms with Crippen LogP contribution in [0.4, 0.5) is 0 Å². The minimum atomic E-state index is -0.228. The third kappa shape index (κ3) is 4.92. The van der Waals surface area contributed by atoms with Gasteiger partial charge in [-0.2, -0.15) is 0 Å². The fourth-order valence-electron chi connectivity index (χ4n) is 3.21. The van der Waals surface area contributed by atoms with Gasteiger partial charge in [-0.25, -0.2) is 0 Å². The van der Waals surface area contributed by atoms with E-state index in [9.17, 15) is 9.59 Å². The Bertz CT molecular complexity index is 700. The number of hydrogen-bond acceptors (Lipinski definition) is 3. The van der Waals surface area contributed by atoms with E-state index in [1.54, 1.807) is 11.3 Å². The van der Waals surface area contributed by atoms with E-state index in [-0.39, 0.29) is 23.8 Å². The van der Waals surface area contributed by atoms with Crippen LogP contribution in [0.1, 0.15) is 23.8 Å². The quantitative estimate of drug-likeness (QED) is 0.829. The van der Waals surface area contributed by atoms with Crippen LogP contribution in [0.15, 0.2) is 47.8 Å². The SMILES string of the molecule is CC(Cc1cccs1)NC(=O)C1CC(=O)N(CCc2ccccc2)C1. The van der Waals surface area contributed by atoms with Gasteiger partial charge in [-0.3, -0.25) is 9.59 Å². The fraction of sp³-hybridized carbons (Fsp3) is 0.400. The second-order valence-corrected chi connectivity index (χ2v) is 7.70. The monoisotopic (exact) mass is 356 g/mol. The topological polar surface area (TPSA) is 49.4 Å². The molecule has 0 aliphatic carbocycles. The molecule has 2 amide bonds. The van der Waals surface area contributed by atoms with E-state index < -0.39 is 0 Å². The van der Waals surface area contributed by atoms with Crippen molar-refractivity contribution in [2.45, 2.75) is 32.2 Å². The molecule has 2 unspecified atom stereocenters. The highest BCUT2D eigenvalue weighted by Crippen LogP contribution is 2.19. The standard InChI is InChI=1S/C20H24N2O2S/c1-15(12-18-8-5-11-25-18)21-20(24)17-13-19(23)22(14-17)10-9-16-6-3-2-4-7-16/h2-8,11,15,17H,9-10,12-14H2,1H3,(H,21,24). The molecule has 1 fully saturated rings. The minimum Gasteiger partial charge on any atom is -0.353 e. The molecular formula is C20H24N2O2S. The van der Waals surface area contributed by atoms with Crippen LogP contribution in [0, 0.1) is 5.92 Å². The van der Waals surface area contributed by atoms with Crippen LogP contribution in [0.25, 0.3) is 0 Å². The van der Waals surface area contributed by atoms with Gasteiger partial charge in [-0.1, -0.05) is 36.4 Å². The first-order valence-corrected chi connectivity index (χ1v) is 9.64. The Morgan fingerprint density at radius 2 is 2.08 bits per heavy atom. The molecular weight excluding hydrogens is 332 g/mol. The molecule has 0 radical (unpaired) electrons. The smallest absolute Gasteiger partial charge is 0.225 e. The zero-order chi connectivity index (χ0) is 17.6. The van der Waals surface area contributed by atoms with E-state index in [1.807, 2.05) is 41.5 Å². The number of nitrogens with zero attached hydrogens (tertiary/aromatic N) is 1. The van der Waals surface area contributed by atoms with Crippen molar-refractivity contribution in [3.63, 3.8) is 0 Å². The number of likely N-dealkylation sites (tertiary alicyclic amines) is 1. The van der Waals surface area contributed by atoms with Crippen molar-refractivity contribution in [2.24, 2.45) is 5.92 Å². The predicted octanol–water partition coefficient (Wildman–Crippen LogP) is 2.89. The molecule has 0 spiro atoms. The Kier molecular flexibility index (Phi) is 5.87. The van der Waals surface area contributed by atoms with Crippen molar-refractivity contribution in [2.75, 3.05) is 13.1 Å². The Morgan fingerprint density at radius 3 is 2.80 bits per heavy atom. The molecule has 2 atom stereocenters. The maximum atomic E-state index is 12.5. The zero-order valence-corrected chi connectivity index (χ0v) is 15.3. The maximum Gasteiger partial charge on any atom is 0.225 e. The molecule has 1 aliphatic heterocycles. The third-order valence-electron chi connectivity index (χ3n) is 4.57. The van der Waals surface area contributed by atoms with Crippen LogP contribution in [0.3, 0.4) is 0 Å². The molecule has 132 valence electrons. The van der Waals surface area contributed by atoms with Crippen LogP contribution in [-0.2, 0) is 22.4 Å². The number of nitrogens with one attached hydrogen (secondary N) is 1. The molecule has 3 rings (SSSR count). The van der Waals surface area contributed by atoms with Gasteiger partial charge >= 0.3 is 0 Å². The Labute approximate surface area is 152 Å². The van der Waals surface area contributed by atoms with E-state index in [2.05, 4.69) is 23.5 Å². The maximum absolute atomic E-state index is 12.5. The van der Waals surface area contributed by atoms with Crippen LogP contribution in [0.5, 0.6) is 0 Å². The zero-order valence-electron chi connectivity index (χ0n) is 14.5. The summed E-state index contributed by atoms with van der Waals surface area (Å²) in [6, 6.07) is 14.3. The first kappa shape index (κ1) is 17.7. The van der Waals surface area contributed by atoms with Gasteiger partial charge in [0.1, 0.15) is 0 Å². The normalized spacial score (nSPS) is 18.4. The van der Waals surface area contributed by atoms with Crippen LogP contribution in [0.2, 0.25) is 0 Å². The molecule has 1 saturated heterocycles. The van der Waals surface area contributed by atoms with Gasteiger partial charge in [0.25, 0.3) is 0 Å². The lowest BCUT2D eigenvalue weighted by Crippen LogP contribution is -2.39. The lowest BCUT2D eigenvalue weighted by Gasteiger charge is -2.18. The second-order valence-electron chi connectivity index (χ2n) is 6.67. The van der Waals surface area contributed by atoms with Crippen molar-refractivity contribution in [3.8, 4) is 0 Å². The summed E-state index contributed by atoms with van der Waals surface area (Å²) in [4.78, 5) is 27.7. The molecule has 4 nitrogen and oxygen atoms in total. The van der Waals surface area contributed by atoms with Gasteiger partial charge < -0.3 is 10.2 Å². The summed E-state index contributed by atoms with van der Waals surface area (Å²) in [5.41, 5.74) is 1.22. The van der Waals surface area contributed by atoms with Crippen molar-refractivity contribution in [3.05, 3.63) is 58.3 Å². The fourth-order valence-corrected chi connectivity index (χ4v) is 4.05. The molecule has 1 N–H and O–H groups in total. The lowest BCUT2D eigenvalue weighted by atomic mass is 10.1. The summed E-state index contributed by atoms with van der Waals surface area (Å²) >= 11 is 1.70. The molecule has 25 heavy (non-hydrogen) atoms. The second kappa shape index (κ2) is 8.30. The number of hydrogen-bond donors (Lipinski definition) is 1. The number of carbonyl (C=O) groups excluding carboxylic acids is 2. The van der Waals surface area contributed by atoms with Crippen LogP contribution in [-0.4, -0.2) is 35.8 Å². The molecule has 0 saturated carbocycles. The largest absolute Gasteiger partial charge is 0.353 e. The average molecular weight is 356 g/mol. The number of amides is 2. The van der Waals surface area contributed by atoms with Crippen molar-refractivity contribution in [1.82, 2.24) is 10.2 Å². The first-order valence-electron chi connectivity index (χ1n) is 8.76. The van der Waals surface area contributed by atoms with Gasteiger partial charge in [0, 0.05) is 36.9 Å². The molecule has 0 bridgehead atoms. The summed E-state index contributed by atoms with van der Waals surface area (Å²) in [7, 11) is 0.